The number of nitrogens with zero attached hydrogens (tertiary/aromatic N) is 1. The van der Waals surface area contributed by atoms with Gasteiger partial charge in [-0.05, 0) is 13.0 Å². The summed E-state index contributed by atoms with van der Waals surface area (Å²) in [4.78, 5) is -0.0782. The number of oxime groups is 1. The number of hydrogen-bond acceptors (Lipinski definition) is 5. The van der Waals surface area contributed by atoms with Crippen LogP contribution in [0.5, 0.6) is 0 Å². The Hall–Kier alpha value is -0.540. The Kier molecular flexibility index (Phi) is 5.23. The summed E-state index contributed by atoms with van der Waals surface area (Å²) in [6.45, 7) is 1.58. The first-order valence-electron chi connectivity index (χ1n) is 4.70. The van der Waals surface area contributed by atoms with Crippen molar-refractivity contribution in [2.24, 2.45) is 10.9 Å². The second kappa shape index (κ2) is 6.07. The molecule has 0 amide bonds. The van der Waals surface area contributed by atoms with Gasteiger partial charge in [-0.25, -0.2) is 13.1 Å². The molecule has 0 aliphatic carbocycles. The molecule has 1 aromatic heterocycles. The minimum Gasteiger partial charge on any atom is -0.409 e. The molecule has 0 aliphatic heterocycles. The van der Waals surface area contributed by atoms with Crippen LogP contribution in [0.2, 0.25) is 8.67 Å². The molecule has 1 atom stereocenters. The molecule has 0 saturated heterocycles. The molecule has 0 aromatic carbocycles. The van der Waals surface area contributed by atoms with Gasteiger partial charge in [0.05, 0.1) is 4.34 Å². The quantitative estimate of drug-likeness (QED) is 0.331. The highest BCUT2D eigenvalue weighted by atomic mass is 35.5. The van der Waals surface area contributed by atoms with E-state index >= 15 is 0 Å². The van der Waals surface area contributed by atoms with Crippen LogP contribution in [0.25, 0.3) is 0 Å². The van der Waals surface area contributed by atoms with Crippen molar-refractivity contribution in [3.63, 3.8) is 0 Å². The lowest BCUT2D eigenvalue weighted by Gasteiger charge is -2.12. The van der Waals surface area contributed by atoms with Gasteiger partial charge in [0.25, 0.3) is 0 Å². The van der Waals surface area contributed by atoms with Crippen LogP contribution in [0.1, 0.15) is 13.3 Å². The molecule has 0 saturated carbocycles. The summed E-state index contributed by atoms with van der Waals surface area (Å²) >= 11 is 12.4. The van der Waals surface area contributed by atoms with Crippen molar-refractivity contribution >= 4 is 50.4 Å². The summed E-state index contributed by atoms with van der Waals surface area (Å²) in [6.07, 6.45) is 0.0746. The molecule has 1 rings (SSSR count). The van der Waals surface area contributed by atoms with Crippen LogP contribution in [0.15, 0.2) is 16.1 Å². The average molecular weight is 332 g/mol. The van der Waals surface area contributed by atoms with E-state index < -0.39 is 16.1 Å². The molecule has 1 unspecified atom stereocenters. The fraction of sp³-hybridized carbons (Fsp3) is 0.375. The van der Waals surface area contributed by atoms with Gasteiger partial charge in [0.15, 0.2) is 0 Å². The molecule has 6 nitrogen and oxygen atoms in total. The Morgan fingerprint density at radius 2 is 2.28 bits per heavy atom. The second-order valence-corrected chi connectivity index (χ2v) is 7.47. The molecular formula is C8H11Cl2N3O3S2. The van der Waals surface area contributed by atoms with Gasteiger partial charge >= 0.3 is 0 Å². The molecular weight excluding hydrogens is 321 g/mol. The predicted octanol–water partition coefficient (Wildman–Crippen LogP) is 1.86. The SMILES string of the molecule is CC(CC(N)=NO)NS(=O)(=O)c1cc(Cl)sc1Cl. The van der Waals surface area contributed by atoms with Crippen LogP contribution in [-0.2, 0) is 10.0 Å². The van der Waals surface area contributed by atoms with Crippen molar-refractivity contribution in [2.75, 3.05) is 0 Å². The van der Waals surface area contributed by atoms with Crippen LogP contribution >= 0.6 is 34.5 Å². The van der Waals surface area contributed by atoms with Crippen LogP contribution in [0.3, 0.4) is 0 Å². The highest BCUT2D eigenvalue weighted by molar-refractivity contribution is 7.89. The highest BCUT2D eigenvalue weighted by Gasteiger charge is 2.23. The van der Waals surface area contributed by atoms with E-state index in [1.807, 2.05) is 0 Å². The molecule has 102 valence electrons. The van der Waals surface area contributed by atoms with E-state index in [-0.39, 0.29) is 25.8 Å². The fourth-order valence-corrected chi connectivity index (χ4v) is 4.63. The molecule has 0 bridgehead atoms. The number of amidine groups is 1. The summed E-state index contributed by atoms with van der Waals surface area (Å²) < 4.78 is 26.6. The lowest BCUT2D eigenvalue weighted by Crippen LogP contribution is -2.35. The van der Waals surface area contributed by atoms with E-state index in [0.29, 0.717) is 0 Å². The van der Waals surface area contributed by atoms with Gasteiger partial charge in [0.2, 0.25) is 10.0 Å². The van der Waals surface area contributed by atoms with E-state index in [1.165, 1.54) is 6.07 Å². The lowest BCUT2D eigenvalue weighted by molar-refractivity contribution is 0.316. The first-order valence-corrected chi connectivity index (χ1v) is 7.75. The number of nitrogens with two attached hydrogens (primary N) is 1. The van der Waals surface area contributed by atoms with E-state index in [1.54, 1.807) is 6.92 Å². The average Bonchev–Trinajstić information content (AvgIpc) is 2.57. The molecule has 18 heavy (non-hydrogen) atoms. The largest absolute Gasteiger partial charge is 0.409 e. The zero-order valence-electron chi connectivity index (χ0n) is 9.22. The second-order valence-electron chi connectivity index (χ2n) is 3.51. The third kappa shape index (κ3) is 3.99. The molecule has 10 heteroatoms. The topological polar surface area (TPSA) is 105 Å². The van der Waals surface area contributed by atoms with Crippen molar-refractivity contribution in [1.82, 2.24) is 4.72 Å². The summed E-state index contributed by atoms with van der Waals surface area (Å²) in [5.41, 5.74) is 5.29. The molecule has 0 radical (unpaired) electrons. The zero-order valence-corrected chi connectivity index (χ0v) is 12.4. The number of sulfonamides is 1. The maximum Gasteiger partial charge on any atom is 0.243 e. The van der Waals surface area contributed by atoms with Crippen LogP contribution in [-0.4, -0.2) is 25.5 Å². The smallest absolute Gasteiger partial charge is 0.243 e. The number of hydrogen-bond donors (Lipinski definition) is 3. The van der Waals surface area contributed by atoms with Gasteiger partial charge in [0.1, 0.15) is 15.1 Å². The van der Waals surface area contributed by atoms with E-state index in [0.717, 1.165) is 11.3 Å². The van der Waals surface area contributed by atoms with Gasteiger partial charge in [-0.15, -0.1) is 11.3 Å². The van der Waals surface area contributed by atoms with E-state index in [2.05, 4.69) is 9.88 Å². The van der Waals surface area contributed by atoms with Crippen molar-refractivity contribution in [3.05, 3.63) is 14.7 Å². The minimum atomic E-state index is -3.77. The number of thiophene rings is 1. The van der Waals surface area contributed by atoms with Crippen LogP contribution in [0, 0.1) is 0 Å². The first kappa shape index (κ1) is 15.5. The number of nitrogens with one attached hydrogen (secondary N) is 1. The molecule has 1 aromatic rings. The standard InChI is InChI=1S/C8H11Cl2N3O3S2/c1-4(2-7(11)12-14)13-18(15,16)5-3-6(9)17-8(5)10/h3-4,13-14H,2H2,1H3,(H2,11,12). The maximum absolute atomic E-state index is 12.0. The van der Waals surface area contributed by atoms with Crippen LogP contribution < -0.4 is 10.5 Å². The van der Waals surface area contributed by atoms with E-state index in [4.69, 9.17) is 34.1 Å². The van der Waals surface area contributed by atoms with Gasteiger partial charge in [-0.1, -0.05) is 28.4 Å². The van der Waals surface area contributed by atoms with Gasteiger partial charge in [0, 0.05) is 12.5 Å². The Morgan fingerprint density at radius 1 is 1.67 bits per heavy atom. The van der Waals surface area contributed by atoms with Gasteiger partial charge < -0.3 is 10.9 Å². The van der Waals surface area contributed by atoms with Gasteiger partial charge in [-0.2, -0.15) is 0 Å². The minimum absolute atomic E-state index is 0.0698. The maximum atomic E-state index is 12.0. The van der Waals surface area contributed by atoms with E-state index in [9.17, 15) is 8.42 Å². The third-order valence-corrected chi connectivity index (χ3v) is 5.26. The molecule has 0 spiro atoms. The van der Waals surface area contributed by atoms with Crippen LogP contribution in [0.4, 0.5) is 0 Å². The summed E-state index contributed by atoms with van der Waals surface area (Å²) in [5.74, 6) is -0.0698. The fourth-order valence-electron chi connectivity index (χ4n) is 1.23. The Balaban J connectivity index is 2.86. The Labute approximate surface area is 118 Å². The molecule has 4 N–H and O–H groups in total. The summed E-state index contributed by atoms with van der Waals surface area (Å²) in [7, 11) is -3.77. The molecule has 0 fully saturated rings. The summed E-state index contributed by atoms with van der Waals surface area (Å²) in [6, 6.07) is 0.730. The Morgan fingerprint density at radius 3 is 2.72 bits per heavy atom. The highest BCUT2D eigenvalue weighted by Crippen LogP contribution is 2.34. The predicted molar refractivity (Wildman–Crippen MR) is 72.1 cm³/mol. The van der Waals surface area contributed by atoms with Crippen molar-refractivity contribution < 1.29 is 13.6 Å². The first-order chi connectivity index (χ1) is 8.26. The Bertz CT molecular complexity index is 556. The van der Waals surface area contributed by atoms with Crippen molar-refractivity contribution in [3.8, 4) is 0 Å². The molecule has 1 heterocycles. The third-order valence-electron chi connectivity index (χ3n) is 1.92. The lowest BCUT2D eigenvalue weighted by atomic mass is 10.2. The van der Waals surface area contributed by atoms with Crippen molar-refractivity contribution in [1.29, 1.82) is 0 Å². The van der Waals surface area contributed by atoms with Gasteiger partial charge in [-0.3, -0.25) is 0 Å². The number of rotatable bonds is 5. The molecule has 0 aliphatic rings. The number of halogens is 2. The normalized spacial score (nSPS) is 14.7. The van der Waals surface area contributed by atoms with Crippen molar-refractivity contribution in [2.45, 2.75) is 24.3 Å². The zero-order chi connectivity index (χ0) is 13.9. The summed E-state index contributed by atoms with van der Waals surface area (Å²) in [5, 5.41) is 11.2. The monoisotopic (exact) mass is 331 g/mol.